The lowest BCUT2D eigenvalue weighted by Crippen LogP contribution is -2.32. The molecule has 3 rings (SSSR count). The monoisotopic (exact) mass is 271 g/mol. The van der Waals surface area contributed by atoms with Gasteiger partial charge in [0, 0.05) is 39.3 Å². The minimum absolute atomic E-state index is 0.564. The van der Waals surface area contributed by atoms with Crippen molar-refractivity contribution in [3.8, 4) is 0 Å². The van der Waals surface area contributed by atoms with E-state index < -0.39 is 0 Å². The average Bonchev–Trinajstić information content (AvgIpc) is 3.07. The molecule has 0 amide bonds. The summed E-state index contributed by atoms with van der Waals surface area (Å²) >= 11 is 0. The third-order valence-corrected chi connectivity index (χ3v) is 3.90. The first kappa shape index (κ1) is 13.3. The predicted octanol–water partition coefficient (Wildman–Crippen LogP) is 1.18. The Bertz CT molecular complexity index is 536. The first-order chi connectivity index (χ1) is 9.81. The first-order valence-corrected chi connectivity index (χ1v) is 7.14. The van der Waals surface area contributed by atoms with E-state index in [1.807, 2.05) is 17.9 Å². The van der Waals surface area contributed by atoms with Crippen LogP contribution < -0.4 is 5.32 Å². The molecule has 0 radical (unpaired) electrons. The first-order valence-electron chi connectivity index (χ1n) is 7.14. The molecule has 1 aromatic heterocycles. The summed E-state index contributed by atoms with van der Waals surface area (Å²) < 4.78 is 1.82. The molecule has 1 aliphatic heterocycles. The number of rotatable bonds is 5. The minimum atomic E-state index is 0.564. The van der Waals surface area contributed by atoms with Crippen LogP contribution in [0.2, 0.25) is 0 Å². The summed E-state index contributed by atoms with van der Waals surface area (Å²) in [6.07, 6.45) is 3.03. The van der Waals surface area contributed by atoms with Gasteiger partial charge >= 0.3 is 0 Å². The van der Waals surface area contributed by atoms with Gasteiger partial charge in [-0.3, -0.25) is 9.58 Å². The number of aromatic nitrogens is 3. The number of hydrogen-bond acceptors (Lipinski definition) is 4. The summed E-state index contributed by atoms with van der Waals surface area (Å²) in [4.78, 5) is 2.51. The van der Waals surface area contributed by atoms with E-state index in [9.17, 15) is 0 Å². The maximum absolute atomic E-state index is 3.95. The van der Waals surface area contributed by atoms with Crippen molar-refractivity contribution in [2.24, 2.45) is 7.05 Å². The molecule has 1 fully saturated rings. The number of nitrogens with zero attached hydrogens (tertiary/aromatic N) is 4. The van der Waals surface area contributed by atoms with Crippen LogP contribution in [0.3, 0.4) is 0 Å². The van der Waals surface area contributed by atoms with Crippen LogP contribution in [-0.2, 0) is 20.1 Å². The van der Waals surface area contributed by atoms with E-state index in [-0.39, 0.29) is 0 Å². The zero-order valence-corrected chi connectivity index (χ0v) is 11.9. The van der Waals surface area contributed by atoms with Crippen molar-refractivity contribution in [2.45, 2.75) is 25.6 Å². The summed E-state index contributed by atoms with van der Waals surface area (Å²) in [6, 6.07) is 11.2. The van der Waals surface area contributed by atoms with Crippen molar-refractivity contribution in [1.29, 1.82) is 0 Å². The topological polar surface area (TPSA) is 46.0 Å². The molecule has 1 atom stereocenters. The molecule has 0 aliphatic carbocycles. The van der Waals surface area contributed by atoms with E-state index in [4.69, 9.17) is 0 Å². The van der Waals surface area contributed by atoms with E-state index in [2.05, 4.69) is 50.9 Å². The number of likely N-dealkylation sites (tertiary alicyclic amines) is 1. The minimum Gasteiger partial charge on any atom is -0.307 e. The highest BCUT2D eigenvalue weighted by atomic mass is 15.4. The van der Waals surface area contributed by atoms with Gasteiger partial charge in [-0.15, -0.1) is 5.10 Å². The van der Waals surface area contributed by atoms with Crippen molar-refractivity contribution >= 4 is 0 Å². The van der Waals surface area contributed by atoms with E-state index >= 15 is 0 Å². The van der Waals surface area contributed by atoms with Gasteiger partial charge in [0.2, 0.25) is 0 Å². The zero-order valence-electron chi connectivity index (χ0n) is 11.9. The van der Waals surface area contributed by atoms with Crippen LogP contribution in [0.5, 0.6) is 0 Å². The lowest BCUT2D eigenvalue weighted by Gasteiger charge is -2.16. The third kappa shape index (κ3) is 3.23. The van der Waals surface area contributed by atoms with Crippen molar-refractivity contribution in [1.82, 2.24) is 25.2 Å². The van der Waals surface area contributed by atoms with E-state index in [0.29, 0.717) is 6.04 Å². The molecule has 1 unspecified atom stereocenters. The molecule has 2 heterocycles. The number of aryl methyl sites for hydroxylation is 1. The van der Waals surface area contributed by atoms with Crippen molar-refractivity contribution in [3.05, 3.63) is 47.8 Å². The van der Waals surface area contributed by atoms with Crippen LogP contribution in [0.15, 0.2) is 36.5 Å². The van der Waals surface area contributed by atoms with Gasteiger partial charge in [-0.1, -0.05) is 35.5 Å². The molecule has 1 N–H and O–H groups in total. The Kier molecular flexibility index (Phi) is 4.08. The average molecular weight is 271 g/mol. The van der Waals surface area contributed by atoms with Gasteiger partial charge in [-0.2, -0.15) is 0 Å². The Morgan fingerprint density at radius 3 is 2.90 bits per heavy atom. The van der Waals surface area contributed by atoms with E-state index in [1.165, 1.54) is 12.0 Å². The zero-order chi connectivity index (χ0) is 13.8. The largest absolute Gasteiger partial charge is 0.307 e. The molecule has 0 bridgehead atoms. The highest BCUT2D eigenvalue weighted by molar-refractivity contribution is 5.14. The SMILES string of the molecule is Cn1nncc1CNC1CCN(Cc2ccccc2)C1. The second kappa shape index (κ2) is 6.15. The van der Waals surface area contributed by atoms with E-state index in [1.54, 1.807) is 0 Å². The lowest BCUT2D eigenvalue weighted by molar-refractivity contribution is 0.319. The fraction of sp³-hybridized carbons (Fsp3) is 0.467. The summed E-state index contributed by atoms with van der Waals surface area (Å²) in [6.45, 7) is 4.16. The van der Waals surface area contributed by atoms with Gasteiger partial charge in [0.15, 0.2) is 0 Å². The Balaban J connectivity index is 1.46. The Morgan fingerprint density at radius 2 is 2.15 bits per heavy atom. The Labute approximate surface area is 119 Å². The second-order valence-electron chi connectivity index (χ2n) is 5.44. The molecule has 5 heteroatoms. The van der Waals surface area contributed by atoms with Crippen molar-refractivity contribution in [2.75, 3.05) is 13.1 Å². The summed E-state index contributed by atoms with van der Waals surface area (Å²) in [7, 11) is 1.93. The molecule has 20 heavy (non-hydrogen) atoms. The van der Waals surface area contributed by atoms with Crippen LogP contribution in [0, 0.1) is 0 Å². The molecule has 1 saturated heterocycles. The maximum Gasteiger partial charge on any atom is 0.0738 e. The van der Waals surface area contributed by atoms with Crippen molar-refractivity contribution < 1.29 is 0 Å². The summed E-state index contributed by atoms with van der Waals surface area (Å²) in [5.41, 5.74) is 2.52. The molecule has 106 valence electrons. The molecule has 0 spiro atoms. The second-order valence-corrected chi connectivity index (χ2v) is 5.44. The van der Waals surface area contributed by atoms with Crippen LogP contribution >= 0.6 is 0 Å². The molecule has 5 nitrogen and oxygen atoms in total. The third-order valence-electron chi connectivity index (χ3n) is 3.90. The fourth-order valence-corrected chi connectivity index (χ4v) is 2.70. The van der Waals surface area contributed by atoms with Crippen LogP contribution in [-0.4, -0.2) is 39.0 Å². The van der Waals surface area contributed by atoms with Gasteiger partial charge in [0.1, 0.15) is 0 Å². The van der Waals surface area contributed by atoms with Crippen LogP contribution in [0.1, 0.15) is 17.7 Å². The highest BCUT2D eigenvalue weighted by Gasteiger charge is 2.22. The highest BCUT2D eigenvalue weighted by Crippen LogP contribution is 2.13. The van der Waals surface area contributed by atoms with Crippen LogP contribution in [0.4, 0.5) is 0 Å². The molecular weight excluding hydrogens is 250 g/mol. The van der Waals surface area contributed by atoms with Gasteiger partial charge in [0.25, 0.3) is 0 Å². The summed E-state index contributed by atoms with van der Waals surface area (Å²) in [5.74, 6) is 0. The van der Waals surface area contributed by atoms with E-state index in [0.717, 1.165) is 31.9 Å². The normalized spacial score (nSPS) is 19.6. The number of hydrogen-bond donors (Lipinski definition) is 1. The molecule has 2 aromatic rings. The smallest absolute Gasteiger partial charge is 0.0738 e. The standard InChI is InChI=1S/C15H21N5/c1-19-15(10-17-18-19)9-16-14-7-8-20(12-14)11-13-5-3-2-4-6-13/h2-6,10,14,16H,7-9,11-12H2,1H3. The maximum atomic E-state index is 3.95. The molecular formula is C15H21N5. The molecule has 1 aromatic carbocycles. The number of benzene rings is 1. The molecule has 1 aliphatic rings. The van der Waals surface area contributed by atoms with Gasteiger partial charge < -0.3 is 5.32 Å². The predicted molar refractivity (Wildman–Crippen MR) is 78.0 cm³/mol. The lowest BCUT2D eigenvalue weighted by atomic mass is 10.2. The summed E-state index contributed by atoms with van der Waals surface area (Å²) in [5, 5.41) is 11.4. The van der Waals surface area contributed by atoms with Crippen LogP contribution in [0.25, 0.3) is 0 Å². The number of nitrogens with one attached hydrogen (secondary N) is 1. The van der Waals surface area contributed by atoms with Gasteiger partial charge in [0.05, 0.1) is 11.9 Å². The molecule has 0 saturated carbocycles. The Morgan fingerprint density at radius 1 is 1.30 bits per heavy atom. The van der Waals surface area contributed by atoms with Gasteiger partial charge in [-0.05, 0) is 12.0 Å². The Hall–Kier alpha value is -1.72. The fourth-order valence-electron chi connectivity index (χ4n) is 2.70. The quantitative estimate of drug-likeness (QED) is 0.887. The van der Waals surface area contributed by atoms with Gasteiger partial charge in [-0.25, -0.2) is 0 Å². The van der Waals surface area contributed by atoms with Crippen molar-refractivity contribution in [3.63, 3.8) is 0 Å².